The van der Waals surface area contributed by atoms with Gasteiger partial charge in [0.25, 0.3) is 0 Å². The molecule has 0 aromatic heterocycles. The predicted molar refractivity (Wildman–Crippen MR) is 67.8 cm³/mol. The van der Waals surface area contributed by atoms with Crippen LogP contribution >= 0.6 is 0 Å². The highest BCUT2D eigenvalue weighted by Crippen LogP contribution is 2.41. The van der Waals surface area contributed by atoms with Gasteiger partial charge in [-0.3, -0.25) is 4.79 Å². The van der Waals surface area contributed by atoms with Crippen molar-refractivity contribution in [2.75, 3.05) is 6.61 Å². The molecule has 0 aliphatic heterocycles. The second-order valence-corrected chi connectivity index (χ2v) is 4.72. The lowest BCUT2D eigenvalue weighted by Crippen LogP contribution is -2.14. The van der Waals surface area contributed by atoms with Gasteiger partial charge in [0.1, 0.15) is 0 Å². The Morgan fingerprint density at radius 2 is 2.06 bits per heavy atom. The second kappa shape index (κ2) is 5.85. The quantitative estimate of drug-likeness (QED) is 0.742. The van der Waals surface area contributed by atoms with Crippen LogP contribution in [0.15, 0.2) is 30.3 Å². The minimum absolute atomic E-state index is 0.0414. The van der Waals surface area contributed by atoms with E-state index in [1.165, 1.54) is 18.4 Å². The van der Waals surface area contributed by atoms with Crippen molar-refractivity contribution in [2.45, 2.75) is 38.5 Å². The van der Waals surface area contributed by atoms with E-state index in [4.69, 9.17) is 4.74 Å². The monoisotopic (exact) mass is 232 g/mol. The summed E-state index contributed by atoms with van der Waals surface area (Å²) in [5.41, 5.74) is 1.37. The summed E-state index contributed by atoms with van der Waals surface area (Å²) >= 11 is 0. The summed E-state index contributed by atoms with van der Waals surface area (Å²) in [4.78, 5) is 11.6. The highest BCUT2D eigenvalue weighted by atomic mass is 16.5. The summed E-state index contributed by atoms with van der Waals surface area (Å²) in [6.45, 7) is 2.35. The van der Waals surface area contributed by atoms with Crippen molar-refractivity contribution in [2.24, 2.45) is 5.92 Å². The van der Waals surface area contributed by atoms with Crippen LogP contribution in [0.1, 0.15) is 44.1 Å². The molecule has 0 bridgehead atoms. The minimum atomic E-state index is -0.0414. The van der Waals surface area contributed by atoms with E-state index in [2.05, 4.69) is 24.3 Å². The lowest BCUT2D eigenvalue weighted by atomic mass is 9.87. The van der Waals surface area contributed by atoms with Gasteiger partial charge in [0.2, 0.25) is 0 Å². The van der Waals surface area contributed by atoms with E-state index in [1.54, 1.807) is 0 Å². The maximum atomic E-state index is 11.6. The number of hydrogen-bond donors (Lipinski definition) is 0. The van der Waals surface area contributed by atoms with Crippen LogP contribution in [-0.4, -0.2) is 12.6 Å². The van der Waals surface area contributed by atoms with Gasteiger partial charge in [0, 0.05) is 6.42 Å². The maximum absolute atomic E-state index is 11.6. The van der Waals surface area contributed by atoms with Gasteiger partial charge in [-0.25, -0.2) is 0 Å². The van der Waals surface area contributed by atoms with Crippen LogP contribution in [0, 0.1) is 5.92 Å². The summed E-state index contributed by atoms with van der Waals surface area (Å²) in [6.07, 6.45) is 4.16. The Morgan fingerprint density at radius 3 is 2.76 bits per heavy atom. The fourth-order valence-corrected chi connectivity index (χ4v) is 2.85. The van der Waals surface area contributed by atoms with Crippen LogP contribution in [0.3, 0.4) is 0 Å². The third kappa shape index (κ3) is 3.09. The lowest BCUT2D eigenvalue weighted by Gasteiger charge is -2.19. The van der Waals surface area contributed by atoms with Crippen LogP contribution in [0.25, 0.3) is 0 Å². The van der Waals surface area contributed by atoms with Crippen molar-refractivity contribution >= 4 is 5.97 Å². The molecule has 0 radical (unpaired) electrons. The molecule has 92 valence electrons. The summed E-state index contributed by atoms with van der Waals surface area (Å²) in [5.74, 6) is 0.970. The molecule has 2 heteroatoms. The fourth-order valence-electron chi connectivity index (χ4n) is 2.85. The van der Waals surface area contributed by atoms with Gasteiger partial charge in [-0.2, -0.15) is 0 Å². The molecule has 1 aromatic rings. The molecule has 0 amide bonds. The molecule has 0 heterocycles. The molecule has 0 N–H and O–H groups in total. The molecular weight excluding hydrogens is 212 g/mol. The van der Waals surface area contributed by atoms with Gasteiger partial charge in [-0.05, 0) is 37.2 Å². The highest BCUT2D eigenvalue weighted by molar-refractivity contribution is 5.69. The molecular formula is C15H20O2. The Balaban J connectivity index is 2.00. The molecule has 0 saturated heterocycles. The van der Waals surface area contributed by atoms with Crippen molar-refractivity contribution in [1.29, 1.82) is 0 Å². The molecule has 1 aromatic carbocycles. The van der Waals surface area contributed by atoms with E-state index in [0.29, 0.717) is 24.9 Å². The molecule has 1 aliphatic rings. The number of ether oxygens (including phenoxy) is 1. The number of benzene rings is 1. The number of rotatable bonds is 4. The Labute approximate surface area is 103 Å². The Bertz CT molecular complexity index is 358. The van der Waals surface area contributed by atoms with Crippen molar-refractivity contribution in [3.63, 3.8) is 0 Å². The number of hydrogen-bond acceptors (Lipinski definition) is 2. The van der Waals surface area contributed by atoms with Crippen LogP contribution in [0.2, 0.25) is 0 Å². The summed E-state index contributed by atoms with van der Waals surface area (Å²) in [7, 11) is 0. The first kappa shape index (κ1) is 12.2. The molecule has 17 heavy (non-hydrogen) atoms. The molecule has 2 unspecified atom stereocenters. The van der Waals surface area contributed by atoms with Crippen molar-refractivity contribution in [3.8, 4) is 0 Å². The molecule has 2 rings (SSSR count). The van der Waals surface area contributed by atoms with E-state index in [9.17, 15) is 4.79 Å². The predicted octanol–water partition coefficient (Wildman–Crippen LogP) is 3.52. The van der Waals surface area contributed by atoms with Gasteiger partial charge in [-0.1, -0.05) is 36.8 Å². The van der Waals surface area contributed by atoms with Crippen molar-refractivity contribution < 1.29 is 9.53 Å². The first-order valence-electron chi connectivity index (χ1n) is 6.52. The molecule has 1 saturated carbocycles. The lowest BCUT2D eigenvalue weighted by molar-refractivity contribution is -0.144. The zero-order valence-corrected chi connectivity index (χ0v) is 10.4. The first-order chi connectivity index (χ1) is 8.31. The molecule has 2 nitrogen and oxygen atoms in total. The average molecular weight is 232 g/mol. The van der Waals surface area contributed by atoms with Crippen molar-refractivity contribution in [1.82, 2.24) is 0 Å². The molecule has 2 atom stereocenters. The summed E-state index contributed by atoms with van der Waals surface area (Å²) in [5, 5.41) is 0. The Morgan fingerprint density at radius 1 is 1.29 bits per heavy atom. The van der Waals surface area contributed by atoms with E-state index in [-0.39, 0.29) is 5.97 Å². The average Bonchev–Trinajstić information content (AvgIpc) is 2.78. The Hall–Kier alpha value is -1.31. The third-order valence-electron chi connectivity index (χ3n) is 3.62. The molecule has 1 fully saturated rings. The second-order valence-electron chi connectivity index (χ2n) is 4.72. The first-order valence-corrected chi connectivity index (χ1v) is 6.52. The zero-order valence-electron chi connectivity index (χ0n) is 10.4. The van der Waals surface area contributed by atoms with Crippen LogP contribution in [-0.2, 0) is 9.53 Å². The summed E-state index contributed by atoms with van der Waals surface area (Å²) in [6, 6.07) is 10.5. The van der Waals surface area contributed by atoms with Gasteiger partial charge < -0.3 is 4.74 Å². The highest BCUT2D eigenvalue weighted by Gasteiger charge is 2.30. The normalized spacial score (nSPS) is 23.6. The van der Waals surface area contributed by atoms with Gasteiger partial charge >= 0.3 is 5.97 Å². The molecule has 0 spiro atoms. The topological polar surface area (TPSA) is 26.3 Å². The van der Waals surface area contributed by atoms with E-state index in [1.807, 2.05) is 13.0 Å². The SMILES string of the molecule is CCOC(=O)CC1CCCC1c1ccccc1. The van der Waals surface area contributed by atoms with E-state index in [0.717, 1.165) is 6.42 Å². The van der Waals surface area contributed by atoms with E-state index < -0.39 is 0 Å². The number of esters is 1. The summed E-state index contributed by atoms with van der Waals surface area (Å²) < 4.78 is 5.05. The van der Waals surface area contributed by atoms with Crippen molar-refractivity contribution in [3.05, 3.63) is 35.9 Å². The van der Waals surface area contributed by atoms with Crippen LogP contribution in [0.4, 0.5) is 0 Å². The van der Waals surface area contributed by atoms with Gasteiger partial charge in [0.05, 0.1) is 6.61 Å². The van der Waals surface area contributed by atoms with E-state index >= 15 is 0 Å². The number of carbonyl (C=O) groups is 1. The van der Waals surface area contributed by atoms with Crippen LogP contribution in [0.5, 0.6) is 0 Å². The van der Waals surface area contributed by atoms with Gasteiger partial charge in [-0.15, -0.1) is 0 Å². The third-order valence-corrected chi connectivity index (χ3v) is 3.62. The largest absolute Gasteiger partial charge is 0.466 e. The van der Waals surface area contributed by atoms with Gasteiger partial charge in [0.15, 0.2) is 0 Å². The number of carbonyl (C=O) groups excluding carboxylic acids is 1. The smallest absolute Gasteiger partial charge is 0.306 e. The minimum Gasteiger partial charge on any atom is -0.466 e. The Kier molecular flexibility index (Phi) is 4.18. The zero-order chi connectivity index (χ0) is 12.1. The molecule has 1 aliphatic carbocycles. The fraction of sp³-hybridized carbons (Fsp3) is 0.533. The maximum Gasteiger partial charge on any atom is 0.306 e. The standard InChI is InChI=1S/C15H20O2/c1-2-17-15(16)11-13-9-6-10-14(13)12-7-4-3-5-8-12/h3-5,7-8,13-14H,2,6,9-11H2,1H3. The van der Waals surface area contributed by atoms with Crippen LogP contribution < -0.4 is 0 Å².